The van der Waals surface area contributed by atoms with Gasteiger partial charge in [0.25, 0.3) is 0 Å². The van der Waals surface area contributed by atoms with E-state index in [1.165, 1.54) is 5.69 Å². The fourth-order valence-corrected chi connectivity index (χ4v) is 1.69. The second-order valence-electron chi connectivity index (χ2n) is 4.71. The van der Waals surface area contributed by atoms with Crippen LogP contribution in [0.2, 0.25) is 0 Å². The summed E-state index contributed by atoms with van der Waals surface area (Å²) in [5.41, 5.74) is 2.50. The van der Waals surface area contributed by atoms with E-state index in [2.05, 4.69) is 50.3 Å². The van der Waals surface area contributed by atoms with E-state index < -0.39 is 0 Å². The van der Waals surface area contributed by atoms with Gasteiger partial charge in [-0.2, -0.15) is 5.10 Å². The minimum atomic E-state index is 0.977. The lowest BCUT2D eigenvalue weighted by molar-refractivity contribution is 0.365. The van der Waals surface area contributed by atoms with Crippen LogP contribution in [0.3, 0.4) is 0 Å². The molecule has 3 nitrogen and oxygen atoms in total. The molecule has 0 aliphatic heterocycles. The van der Waals surface area contributed by atoms with Crippen LogP contribution in [0.4, 0.5) is 5.69 Å². The molecule has 17 heavy (non-hydrogen) atoms. The summed E-state index contributed by atoms with van der Waals surface area (Å²) < 4.78 is 0.977. The Balaban J connectivity index is 2.88. The number of benzene rings is 1. The van der Waals surface area contributed by atoms with Crippen molar-refractivity contribution in [3.8, 4) is 0 Å². The summed E-state index contributed by atoms with van der Waals surface area (Å²) in [6.45, 7) is 6.68. The van der Waals surface area contributed by atoms with E-state index in [9.17, 15) is 0 Å². The first-order valence-electron chi connectivity index (χ1n) is 6.18. The third-order valence-corrected chi connectivity index (χ3v) is 3.35. The lowest BCUT2D eigenvalue weighted by Gasteiger charge is -2.31. The number of nitrogens with zero attached hydrogens (tertiary/aromatic N) is 3. The molecule has 0 heterocycles. The molecule has 0 aliphatic rings. The van der Waals surface area contributed by atoms with Crippen LogP contribution in [0.1, 0.15) is 19.4 Å². The average molecular weight is 234 g/mol. The molecular weight excluding hydrogens is 210 g/mol. The van der Waals surface area contributed by atoms with Gasteiger partial charge in [-0.25, -0.2) is 0 Å². The van der Waals surface area contributed by atoms with Crippen molar-refractivity contribution in [2.45, 2.75) is 13.8 Å². The maximum Gasteiger partial charge on any atom is 0.132 e. The van der Waals surface area contributed by atoms with Gasteiger partial charge in [0.2, 0.25) is 0 Å². The molecule has 0 bridgehead atoms. The second-order valence-corrected chi connectivity index (χ2v) is 4.71. The van der Waals surface area contributed by atoms with E-state index in [1.54, 1.807) is 5.01 Å². The zero-order valence-corrected chi connectivity index (χ0v) is 11.6. The number of quaternary nitrogens is 1. The number of hydrogen-bond donors (Lipinski definition) is 0. The second kappa shape index (κ2) is 5.82. The topological polar surface area (TPSA) is 15.6 Å². The van der Waals surface area contributed by atoms with E-state index in [1.807, 2.05) is 20.3 Å². The van der Waals surface area contributed by atoms with Crippen LogP contribution in [-0.2, 0) is 0 Å². The Hall–Kier alpha value is -1.35. The van der Waals surface area contributed by atoms with Gasteiger partial charge in [0, 0.05) is 14.1 Å². The highest BCUT2D eigenvalue weighted by atomic mass is 15.4. The lowest BCUT2D eigenvalue weighted by Crippen LogP contribution is -2.44. The summed E-state index contributed by atoms with van der Waals surface area (Å²) in [4.78, 5) is 0. The third-order valence-electron chi connectivity index (χ3n) is 3.35. The molecule has 1 aromatic rings. The van der Waals surface area contributed by atoms with Gasteiger partial charge in [-0.3, -0.25) is 4.48 Å². The molecule has 1 aromatic carbocycles. The van der Waals surface area contributed by atoms with E-state index in [0.29, 0.717) is 0 Å². The van der Waals surface area contributed by atoms with Gasteiger partial charge in [0.05, 0.1) is 26.4 Å². The molecule has 0 spiro atoms. The van der Waals surface area contributed by atoms with Crippen molar-refractivity contribution in [1.82, 2.24) is 9.49 Å². The number of rotatable bonds is 5. The monoisotopic (exact) mass is 234 g/mol. The normalized spacial score (nSPS) is 12.1. The quantitative estimate of drug-likeness (QED) is 0.434. The van der Waals surface area contributed by atoms with Gasteiger partial charge < -0.3 is 5.01 Å². The maximum absolute atomic E-state index is 4.23. The van der Waals surface area contributed by atoms with Gasteiger partial charge in [0.15, 0.2) is 0 Å². The average Bonchev–Trinajstić information content (AvgIpc) is 2.36. The first-order valence-corrected chi connectivity index (χ1v) is 6.18. The fourth-order valence-electron chi connectivity index (χ4n) is 1.69. The molecule has 94 valence electrons. The Labute approximate surface area is 105 Å². The summed E-state index contributed by atoms with van der Waals surface area (Å²) >= 11 is 0. The highest BCUT2D eigenvalue weighted by Gasteiger charge is 2.19. The van der Waals surface area contributed by atoms with E-state index >= 15 is 0 Å². The summed E-state index contributed by atoms with van der Waals surface area (Å²) in [5.74, 6) is 0. The van der Waals surface area contributed by atoms with Crippen molar-refractivity contribution >= 4 is 11.9 Å². The lowest BCUT2D eigenvalue weighted by atomic mass is 10.2. The Kier molecular flexibility index (Phi) is 4.70. The van der Waals surface area contributed by atoms with Gasteiger partial charge >= 0.3 is 0 Å². The van der Waals surface area contributed by atoms with Gasteiger partial charge in [-0.15, -0.1) is 0 Å². The molecule has 0 amide bonds. The van der Waals surface area contributed by atoms with E-state index in [-0.39, 0.29) is 0 Å². The van der Waals surface area contributed by atoms with E-state index in [0.717, 1.165) is 23.1 Å². The van der Waals surface area contributed by atoms with Crippen LogP contribution in [0.25, 0.3) is 0 Å². The molecule has 0 atom stereocenters. The zero-order chi connectivity index (χ0) is 12.9. The minimum absolute atomic E-state index is 0.977. The fraction of sp³-hybridized carbons (Fsp3) is 0.500. The minimum Gasteiger partial charge on any atom is -0.303 e. The Morgan fingerprint density at radius 1 is 1.12 bits per heavy atom. The van der Waals surface area contributed by atoms with Crippen LogP contribution in [-0.4, -0.2) is 45.5 Å². The van der Waals surface area contributed by atoms with Gasteiger partial charge in [-0.05, 0) is 43.7 Å². The van der Waals surface area contributed by atoms with Crippen molar-refractivity contribution in [3.63, 3.8) is 0 Å². The third kappa shape index (κ3) is 3.56. The largest absolute Gasteiger partial charge is 0.303 e. The first-order chi connectivity index (χ1) is 8.01. The summed E-state index contributed by atoms with van der Waals surface area (Å²) in [6, 6.07) is 8.66. The molecule has 3 heteroatoms. The predicted molar refractivity (Wildman–Crippen MR) is 76.5 cm³/mol. The van der Waals surface area contributed by atoms with Crippen molar-refractivity contribution in [2.24, 2.45) is 5.10 Å². The van der Waals surface area contributed by atoms with Gasteiger partial charge in [-0.1, -0.05) is 0 Å². The maximum atomic E-state index is 4.23. The smallest absolute Gasteiger partial charge is 0.132 e. The SMILES string of the molecule is CC[N+](C)(CC)c1ccc(/C=N\N(C)C)cc1. The van der Waals surface area contributed by atoms with E-state index in [4.69, 9.17) is 0 Å². The van der Waals surface area contributed by atoms with Crippen molar-refractivity contribution in [3.05, 3.63) is 29.8 Å². The first kappa shape index (κ1) is 13.7. The highest BCUT2D eigenvalue weighted by Crippen LogP contribution is 2.20. The molecule has 0 fully saturated rings. The highest BCUT2D eigenvalue weighted by molar-refractivity contribution is 5.79. The van der Waals surface area contributed by atoms with Crippen LogP contribution >= 0.6 is 0 Å². The molecule has 0 unspecified atom stereocenters. The molecule has 0 saturated carbocycles. The van der Waals surface area contributed by atoms with Crippen LogP contribution in [0.5, 0.6) is 0 Å². The van der Waals surface area contributed by atoms with Gasteiger partial charge in [0.1, 0.15) is 5.69 Å². The standard InChI is InChI=1S/C14H24N3/c1-6-17(5,7-2)14-10-8-13(9-11-14)12-15-16(3)4/h8-12H,6-7H2,1-5H3/q+1/b15-12-. The molecular formula is C14H24N3+. The van der Waals surface area contributed by atoms with Crippen molar-refractivity contribution in [1.29, 1.82) is 0 Å². The zero-order valence-electron chi connectivity index (χ0n) is 11.6. The summed E-state index contributed by atoms with van der Waals surface area (Å²) in [7, 11) is 6.11. The van der Waals surface area contributed by atoms with Crippen molar-refractivity contribution in [2.75, 3.05) is 34.2 Å². The summed E-state index contributed by atoms with van der Waals surface area (Å²) in [5, 5.41) is 6.03. The van der Waals surface area contributed by atoms with Crippen LogP contribution in [0, 0.1) is 0 Å². The Morgan fingerprint density at radius 2 is 1.65 bits per heavy atom. The van der Waals surface area contributed by atoms with Crippen molar-refractivity contribution < 1.29 is 0 Å². The Bertz CT molecular complexity index is 362. The van der Waals surface area contributed by atoms with Crippen LogP contribution in [0.15, 0.2) is 29.4 Å². The Morgan fingerprint density at radius 3 is 2.06 bits per heavy atom. The molecule has 0 N–H and O–H groups in total. The molecule has 0 saturated heterocycles. The van der Waals surface area contributed by atoms with Crippen LogP contribution < -0.4 is 4.48 Å². The molecule has 0 aliphatic carbocycles. The molecule has 1 rings (SSSR count). The summed E-state index contributed by atoms with van der Waals surface area (Å²) in [6.07, 6.45) is 1.88. The number of hydrogen-bond acceptors (Lipinski definition) is 2. The molecule has 0 aromatic heterocycles. The molecule has 0 radical (unpaired) electrons. The predicted octanol–water partition coefficient (Wildman–Crippen LogP) is 2.56. The number of hydrazone groups is 1.